The Morgan fingerprint density at radius 1 is 1.32 bits per heavy atom. The van der Waals surface area contributed by atoms with Crippen molar-refractivity contribution in [1.82, 2.24) is 19.7 Å². The van der Waals surface area contributed by atoms with Gasteiger partial charge in [0.15, 0.2) is 5.82 Å². The van der Waals surface area contributed by atoms with E-state index in [1.807, 2.05) is 6.07 Å². The Morgan fingerprint density at radius 2 is 2.19 bits per heavy atom. The highest BCUT2D eigenvalue weighted by Crippen LogP contribution is 2.42. The molecule has 0 radical (unpaired) electrons. The lowest BCUT2D eigenvalue weighted by atomic mass is 10.1. The Bertz CT molecular complexity index is 1340. The van der Waals surface area contributed by atoms with E-state index in [4.69, 9.17) is 9.26 Å². The molecule has 0 unspecified atom stereocenters. The number of para-hydroxylation sites is 1. The van der Waals surface area contributed by atoms with Crippen LogP contribution in [-0.4, -0.2) is 32.2 Å². The van der Waals surface area contributed by atoms with Crippen LogP contribution in [0.4, 0.5) is 5.00 Å². The second kappa shape index (κ2) is 8.05. The summed E-state index contributed by atoms with van der Waals surface area (Å²) >= 11 is 1.46. The van der Waals surface area contributed by atoms with Gasteiger partial charge < -0.3 is 14.6 Å². The number of carbonyl (C=O) groups excluding carboxylic acids is 1. The van der Waals surface area contributed by atoms with Gasteiger partial charge in [-0.25, -0.2) is 4.98 Å². The molecule has 10 heteroatoms. The number of ether oxygens (including phenoxy) is 1. The van der Waals surface area contributed by atoms with E-state index in [1.165, 1.54) is 22.2 Å². The molecule has 0 bridgehead atoms. The first-order valence-electron chi connectivity index (χ1n) is 9.87. The largest absolute Gasteiger partial charge is 0.376 e. The third-order valence-electron chi connectivity index (χ3n) is 5.13. The molecule has 0 spiro atoms. The van der Waals surface area contributed by atoms with Crippen molar-refractivity contribution >= 4 is 33.1 Å². The minimum atomic E-state index is -0.211. The standard InChI is InChI=1S/C21H19N5O4S/c1-12-23-19(30-25-12)18-14-7-9-29-10-16(14)31-20(18)24-17(27)6-8-26-11-22-15-5-3-2-4-13(15)21(26)28/h2-5,11H,6-10H2,1H3,(H,24,27). The van der Waals surface area contributed by atoms with Gasteiger partial charge in [0, 0.05) is 17.8 Å². The molecule has 5 rings (SSSR count). The molecule has 1 aliphatic heterocycles. The maximum atomic E-state index is 12.7. The molecule has 4 aromatic rings. The number of hydrogen-bond acceptors (Lipinski definition) is 8. The Morgan fingerprint density at radius 3 is 3.03 bits per heavy atom. The van der Waals surface area contributed by atoms with E-state index in [0.29, 0.717) is 40.8 Å². The molecule has 158 valence electrons. The maximum Gasteiger partial charge on any atom is 0.261 e. The van der Waals surface area contributed by atoms with E-state index in [9.17, 15) is 9.59 Å². The number of amides is 1. The molecule has 0 fully saturated rings. The van der Waals surface area contributed by atoms with Crippen LogP contribution in [0.15, 0.2) is 39.9 Å². The third-order valence-corrected chi connectivity index (χ3v) is 6.25. The van der Waals surface area contributed by atoms with Gasteiger partial charge in [-0.2, -0.15) is 4.98 Å². The zero-order valence-electron chi connectivity index (χ0n) is 16.8. The second-order valence-corrected chi connectivity index (χ2v) is 8.32. The van der Waals surface area contributed by atoms with Crippen molar-refractivity contribution in [2.75, 3.05) is 11.9 Å². The molecule has 1 aromatic carbocycles. The van der Waals surface area contributed by atoms with E-state index < -0.39 is 0 Å². The lowest BCUT2D eigenvalue weighted by Crippen LogP contribution is -2.23. The molecule has 9 nitrogen and oxygen atoms in total. The van der Waals surface area contributed by atoms with Gasteiger partial charge in [-0.15, -0.1) is 11.3 Å². The summed E-state index contributed by atoms with van der Waals surface area (Å²) in [6.45, 7) is 3.08. The fourth-order valence-corrected chi connectivity index (χ4v) is 4.82. The summed E-state index contributed by atoms with van der Waals surface area (Å²) in [5.41, 5.74) is 2.31. The van der Waals surface area contributed by atoms with Crippen LogP contribution in [0.1, 0.15) is 22.7 Å². The van der Waals surface area contributed by atoms with Crippen LogP contribution in [0.5, 0.6) is 0 Å². The molecular formula is C21H19N5O4S. The number of fused-ring (bicyclic) bond motifs is 2. The highest BCUT2D eigenvalue weighted by Gasteiger charge is 2.26. The molecule has 3 aromatic heterocycles. The van der Waals surface area contributed by atoms with Crippen molar-refractivity contribution in [3.8, 4) is 11.5 Å². The summed E-state index contributed by atoms with van der Waals surface area (Å²) in [5, 5.41) is 8.04. The van der Waals surface area contributed by atoms with Crippen molar-refractivity contribution < 1.29 is 14.1 Å². The Labute approximate surface area is 180 Å². The van der Waals surface area contributed by atoms with Gasteiger partial charge in [0.25, 0.3) is 11.4 Å². The predicted molar refractivity (Wildman–Crippen MR) is 115 cm³/mol. The van der Waals surface area contributed by atoms with Crippen LogP contribution in [0.2, 0.25) is 0 Å². The van der Waals surface area contributed by atoms with Crippen LogP contribution in [0.25, 0.3) is 22.4 Å². The van der Waals surface area contributed by atoms with Gasteiger partial charge in [-0.05, 0) is 31.0 Å². The zero-order valence-corrected chi connectivity index (χ0v) is 17.6. The number of hydrogen-bond donors (Lipinski definition) is 1. The van der Waals surface area contributed by atoms with Gasteiger partial charge >= 0.3 is 0 Å². The topological polar surface area (TPSA) is 112 Å². The number of nitrogens with one attached hydrogen (secondary N) is 1. The zero-order chi connectivity index (χ0) is 21.4. The summed E-state index contributed by atoms with van der Waals surface area (Å²) in [6.07, 6.45) is 2.32. The Balaban J connectivity index is 1.37. The Hall–Kier alpha value is -3.37. The monoisotopic (exact) mass is 437 g/mol. The minimum absolute atomic E-state index is 0.126. The van der Waals surface area contributed by atoms with Crippen LogP contribution in [-0.2, 0) is 29.1 Å². The number of thiophene rings is 1. The van der Waals surface area contributed by atoms with Crippen LogP contribution in [0.3, 0.4) is 0 Å². The Kier molecular flexibility index (Phi) is 5.08. The van der Waals surface area contributed by atoms with E-state index in [1.54, 1.807) is 25.1 Å². The average molecular weight is 437 g/mol. The SMILES string of the molecule is Cc1noc(-c2c(NC(=O)CCn3cnc4ccccc4c3=O)sc3c2CCOC3)n1. The average Bonchev–Trinajstić information content (AvgIpc) is 3.36. The normalized spacial score (nSPS) is 13.3. The number of benzene rings is 1. The lowest BCUT2D eigenvalue weighted by molar-refractivity contribution is -0.116. The van der Waals surface area contributed by atoms with Gasteiger partial charge in [0.1, 0.15) is 5.00 Å². The van der Waals surface area contributed by atoms with Crippen molar-refractivity contribution in [1.29, 1.82) is 0 Å². The number of aromatic nitrogens is 4. The number of carbonyl (C=O) groups is 1. The van der Waals surface area contributed by atoms with Gasteiger partial charge in [0.05, 0.1) is 36.0 Å². The summed E-state index contributed by atoms with van der Waals surface area (Å²) in [4.78, 5) is 35.0. The summed E-state index contributed by atoms with van der Waals surface area (Å²) in [7, 11) is 0. The molecule has 4 heterocycles. The summed E-state index contributed by atoms with van der Waals surface area (Å²) < 4.78 is 12.4. The molecule has 0 aliphatic carbocycles. The van der Waals surface area contributed by atoms with Gasteiger partial charge in [-0.3, -0.25) is 14.2 Å². The van der Waals surface area contributed by atoms with Crippen LogP contribution < -0.4 is 10.9 Å². The van der Waals surface area contributed by atoms with Crippen molar-refractivity contribution in [3.63, 3.8) is 0 Å². The van der Waals surface area contributed by atoms with E-state index in [0.717, 1.165) is 22.4 Å². The number of nitrogens with zero attached hydrogens (tertiary/aromatic N) is 4. The predicted octanol–water partition coefficient (Wildman–Crippen LogP) is 2.92. The molecule has 1 N–H and O–H groups in total. The first kappa shape index (κ1) is 19.6. The molecule has 0 atom stereocenters. The third kappa shape index (κ3) is 3.75. The van der Waals surface area contributed by atoms with Crippen molar-refractivity contribution in [3.05, 3.63) is 57.2 Å². The number of rotatable bonds is 5. The molecule has 1 amide bonds. The van der Waals surface area contributed by atoms with Gasteiger partial charge in [0.2, 0.25) is 5.91 Å². The van der Waals surface area contributed by atoms with E-state index in [2.05, 4.69) is 20.4 Å². The first-order valence-corrected chi connectivity index (χ1v) is 10.7. The first-order chi connectivity index (χ1) is 15.1. The smallest absolute Gasteiger partial charge is 0.261 e. The number of anilines is 1. The molecule has 1 aliphatic rings. The number of aryl methyl sites for hydroxylation is 2. The second-order valence-electron chi connectivity index (χ2n) is 7.22. The van der Waals surface area contributed by atoms with Gasteiger partial charge in [-0.1, -0.05) is 17.3 Å². The van der Waals surface area contributed by atoms with Crippen LogP contribution >= 0.6 is 11.3 Å². The van der Waals surface area contributed by atoms with Crippen molar-refractivity contribution in [2.45, 2.75) is 32.9 Å². The molecule has 0 saturated carbocycles. The maximum absolute atomic E-state index is 12.7. The van der Waals surface area contributed by atoms with E-state index in [-0.39, 0.29) is 24.4 Å². The minimum Gasteiger partial charge on any atom is -0.376 e. The fourth-order valence-electron chi connectivity index (χ4n) is 3.62. The summed E-state index contributed by atoms with van der Waals surface area (Å²) in [6, 6.07) is 7.15. The highest BCUT2D eigenvalue weighted by atomic mass is 32.1. The fraction of sp³-hybridized carbons (Fsp3) is 0.286. The highest BCUT2D eigenvalue weighted by molar-refractivity contribution is 7.17. The van der Waals surface area contributed by atoms with Crippen LogP contribution in [0, 0.1) is 6.92 Å². The molecule has 0 saturated heterocycles. The quantitative estimate of drug-likeness (QED) is 0.511. The van der Waals surface area contributed by atoms with Crippen molar-refractivity contribution in [2.24, 2.45) is 0 Å². The molecule has 31 heavy (non-hydrogen) atoms. The molecular weight excluding hydrogens is 418 g/mol. The summed E-state index contributed by atoms with van der Waals surface area (Å²) in [5.74, 6) is 0.710. The van der Waals surface area contributed by atoms with E-state index >= 15 is 0 Å². The lowest BCUT2D eigenvalue weighted by Gasteiger charge is -2.12.